The summed E-state index contributed by atoms with van der Waals surface area (Å²) in [6, 6.07) is 0. The third kappa shape index (κ3) is 4.06. The molecule has 0 aromatic rings. The number of nitrogens with zero attached hydrogens (tertiary/aromatic N) is 4. The van der Waals surface area contributed by atoms with Crippen LogP contribution in [-0.4, -0.2) is 43.3 Å². The third-order valence-electron chi connectivity index (χ3n) is 2.57. The van der Waals surface area contributed by atoms with E-state index in [1.54, 1.807) is 6.34 Å². The van der Waals surface area contributed by atoms with Crippen LogP contribution in [0.1, 0.15) is 13.8 Å². The Kier molecular flexibility index (Phi) is 4.39. The molecule has 9 heteroatoms. The van der Waals surface area contributed by atoms with Gasteiger partial charge in [0.1, 0.15) is 12.5 Å². The highest BCUT2D eigenvalue weighted by molar-refractivity contribution is 6.50. The number of hydrogen-bond acceptors (Lipinski definition) is 3. The number of aliphatic imine (C=N–C) groups is 3. The van der Waals surface area contributed by atoms with Gasteiger partial charge in [-0.1, -0.05) is 0 Å². The van der Waals surface area contributed by atoms with Crippen molar-refractivity contribution in [3.63, 3.8) is 0 Å². The van der Waals surface area contributed by atoms with E-state index in [1.807, 2.05) is 6.34 Å². The average molecular weight is 264 g/mol. The van der Waals surface area contributed by atoms with E-state index < -0.39 is 7.25 Å². The van der Waals surface area contributed by atoms with Crippen molar-refractivity contribution in [3.8, 4) is 0 Å². The first-order valence-electron chi connectivity index (χ1n) is 5.42. The van der Waals surface area contributed by atoms with E-state index in [2.05, 4.69) is 35.0 Å². The summed E-state index contributed by atoms with van der Waals surface area (Å²) in [7, 11) is -6.00. The lowest BCUT2D eigenvalue weighted by Gasteiger charge is -2.28. The average Bonchev–Trinajstić information content (AvgIpc) is 2.73. The van der Waals surface area contributed by atoms with Crippen LogP contribution in [0.25, 0.3) is 0 Å². The van der Waals surface area contributed by atoms with E-state index in [9.17, 15) is 17.3 Å². The number of hydrogen-bond donors (Lipinski definition) is 0. The fourth-order valence-corrected chi connectivity index (χ4v) is 1.48. The van der Waals surface area contributed by atoms with Crippen LogP contribution >= 0.6 is 0 Å². The Morgan fingerprint density at radius 3 is 2.17 bits per heavy atom. The van der Waals surface area contributed by atoms with Crippen molar-refractivity contribution in [1.29, 1.82) is 0 Å². The summed E-state index contributed by atoms with van der Waals surface area (Å²) in [6.45, 7) is 6.30. The van der Waals surface area contributed by atoms with Gasteiger partial charge in [0.15, 0.2) is 17.9 Å². The predicted molar refractivity (Wildman–Crippen MR) is 64.0 cm³/mol. The molecule has 0 bridgehead atoms. The number of fused-ring (bicyclic) bond motifs is 1. The SMILES string of the molecule is CC[N+]1(CC)C=NC2=NC=NC2=C1.F[B-](F)(F)F. The zero-order valence-electron chi connectivity index (χ0n) is 10.0. The molecule has 2 aliphatic rings. The molecule has 100 valence electrons. The molecule has 0 saturated carbocycles. The first-order valence-corrected chi connectivity index (χ1v) is 5.42. The van der Waals surface area contributed by atoms with Crippen LogP contribution in [0.4, 0.5) is 17.3 Å². The summed E-state index contributed by atoms with van der Waals surface area (Å²) in [5, 5.41) is 0. The zero-order valence-corrected chi connectivity index (χ0v) is 10.0. The van der Waals surface area contributed by atoms with Gasteiger partial charge in [-0.3, -0.25) is 4.48 Å². The molecule has 0 unspecified atom stereocenters. The van der Waals surface area contributed by atoms with E-state index in [4.69, 9.17) is 0 Å². The first-order chi connectivity index (χ1) is 8.29. The van der Waals surface area contributed by atoms with Gasteiger partial charge in [0.25, 0.3) is 0 Å². The maximum atomic E-state index is 9.75. The molecule has 0 N–H and O–H groups in total. The Morgan fingerprint density at radius 1 is 1.11 bits per heavy atom. The van der Waals surface area contributed by atoms with Crippen LogP contribution in [-0.2, 0) is 0 Å². The van der Waals surface area contributed by atoms with Crippen LogP contribution in [0, 0.1) is 0 Å². The number of halogens is 4. The maximum absolute atomic E-state index is 9.75. The van der Waals surface area contributed by atoms with Gasteiger partial charge < -0.3 is 17.3 Å². The number of rotatable bonds is 2. The Bertz CT molecular complexity index is 415. The molecule has 0 atom stereocenters. The smallest absolute Gasteiger partial charge is 0.418 e. The second-order valence-electron chi connectivity index (χ2n) is 3.69. The summed E-state index contributed by atoms with van der Waals surface area (Å²) >= 11 is 0. The van der Waals surface area contributed by atoms with Gasteiger partial charge in [-0.2, -0.15) is 4.99 Å². The van der Waals surface area contributed by atoms with Gasteiger partial charge in [-0.25, -0.2) is 9.98 Å². The van der Waals surface area contributed by atoms with Gasteiger partial charge in [0.05, 0.1) is 13.1 Å². The standard InChI is InChI=1S/C9H13N4.BF4/c1-3-13(4-2)5-8-9(12-7-13)11-6-10-8;2-1(3,4)5/h5-7H,3-4H2,1-2H3;/q+1;-1. The van der Waals surface area contributed by atoms with Gasteiger partial charge in [-0.05, 0) is 13.8 Å². The molecular formula is C9H13BF4N4. The summed E-state index contributed by atoms with van der Waals surface area (Å²) < 4.78 is 39.8. The topological polar surface area (TPSA) is 37.1 Å². The minimum atomic E-state index is -6.00. The molecule has 0 radical (unpaired) electrons. The molecule has 18 heavy (non-hydrogen) atoms. The van der Waals surface area contributed by atoms with Crippen molar-refractivity contribution >= 4 is 25.8 Å². The van der Waals surface area contributed by atoms with Gasteiger partial charge in [-0.15, -0.1) is 0 Å². The molecule has 0 aromatic carbocycles. The molecule has 0 aliphatic carbocycles. The molecule has 2 aliphatic heterocycles. The highest BCUT2D eigenvalue weighted by Gasteiger charge is 2.27. The second-order valence-corrected chi connectivity index (χ2v) is 3.69. The third-order valence-corrected chi connectivity index (χ3v) is 2.57. The van der Waals surface area contributed by atoms with Crippen molar-refractivity contribution in [2.45, 2.75) is 13.8 Å². The molecule has 0 aromatic heterocycles. The molecule has 0 saturated heterocycles. The number of amidine groups is 1. The highest BCUT2D eigenvalue weighted by atomic mass is 19.5. The zero-order chi connectivity index (χ0) is 13.8. The summed E-state index contributed by atoms with van der Waals surface area (Å²) in [6.07, 6.45) is 5.62. The van der Waals surface area contributed by atoms with Crippen LogP contribution in [0.2, 0.25) is 0 Å². The summed E-state index contributed by atoms with van der Waals surface area (Å²) in [4.78, 5) is 12.5. The van der Waals surface area contributed by atoms with Gasteiger partial charge in [0, 0.05) is 0 Å². The fraction of sp³-hybridized carbons (Fsp3) is 0.444. The van der Waals surface area contributed by atoms with E-state index >= 15 is 0 Å². The molecular weight excluding hydrogens is 251 g/mol. The Labute approximate surface area is 102 Å². The Balaban J connectivity index is 0.000000280. The quantitative estimate of drug-likeness (QED) is 0.417. The largest absolute Gasteiger partial charge is 0.673 e. The minimum absolute atomic E-state index is 0.746. The highest BCUT2D eigenvalue weighted by Crippen LogP contribution is 2.18. The molecule has 0 fully saturated rings. The van der Waals surface area contributed by atoms with E-state index in [1.165, 1.54) is 0 Å². The van der Waals surface area contributed by atoms with Crippen LogP contribution in [0.5, 0.6) is 0 Å². The number of quaternary nitrogens is 1. The second kappa shape index (κ2) is 5.43. The lowest BCUT2D eigenvalue weighted by molar-refractivity contribution is -0.778. The monoisotopic (exact) mass is 264 g/mol. The van der Waals surface area contributed by atoms with Crippen molar-refractivity contribution in [3.05, 3.63) is 11.9 Å². The molecule has 0 spiro atoms. The predicted octanol–water partition coefficient (Wildman–Crippen LogP) is 2.47. The lowest BCUT2D eigenvalue weighted by atomic mass is 10.3. The molecule has 2 rings (SSSR count). The molecule has 2 heterocycles. The Hall–Kier alpha value is -1.51. The Morgan fingerprint density at radius 2 is 1.67 bits per heavy atom. The van der Waals surface area contributed by atoms with E-state index in [0.29, 0.717) is 0 Å². The van der Waals surface area contributed by atoms with Crippen molar-refractivity contribution in [2.24, 2.45) is 15.0 Å². The van der Waals surface area contributed by atoms with Gasteiger partial charge >= 0.3 is 7.25 Å². The first kappa shape index (κ1) is 14.6. The van der Waals surface area contributed by atoms with Crippen molar-refractivity contribution < 1.29 is 21.7 Å². The van der Waals surface area contributed by atoms with Gasteiger partial charge in [0.2, 0.25) is 0 Å². The van der Waals surface area contributed by atoms with E-state index in [0.717, 1.165) is 29.1 Å². The molecule has 4 nitrogen and oxygen atoms in total. The van der Waals surface area contributed by atoms with Crippen LogP contribution < -0.4 is 0 Å². The van der Waals surface area contributed by atoms with Crippen LogP contribution in [0.3, 0.4) is 0 Å². The van der Waals surface area contributed by atoms with Crippen molar-refractivity contribution in [1.82, 2.24) is 0 Å². The van der Waals surface area contributed by atoms with Crippen molar-refractivity contribution in [2.75, 3.05) is 13.1 Å². The fourth-order valence-electron chi connectivity index (χ4n) is 1.48. The summed E-state index contributed by atoms with van der Waals surface area (Å²) in [5.41, 5.74) is 0.909. The van der Waals surface area contributed by atoms with E-state index in [-0.39, 0.29) is 0 Å². The normalized spacial score (nSPS) is 19.7. The molecule has 0 amide bonds. The summed E-state index contributed by atoms with van der Waals surface area (Å²) in [5.74, 6) is 0.746. The lowest BCUT2D eigenvalue weighted by Crippen LogP contribution is -2.43. The maximum Gasteiger partial charge on any atom is 0.673 e. The van der Waals surface area contributed by atoms with Crippen LogP contribution in [0.15, 0.2) is 26.9 Å². The minimum Gasteiger partial charge on any atom is -0.418 e.